The summed E-state index contributed by atoms with van der Waals surface area (Å²) in [6.07, 6.45) is 4.98. The van der Waals surface area contributed by atoms with Crippen molar-refractivity contribution in [3.05, 3.63) is 0 Å². The number of carbonyl (C=O) groups is 1. The molecule has 0 bridgehead atoms. The predicted octanol–water partition coefficient (Wildman–Crippen LogP) is 2.19. The second-order valence-electron chi connectivity index (χ2n) is 7.67. The fourth-order valence-corrected chi connectivity index (χ4v) is 3.45. The number of aliphatic imine (C=N–C) groups is 1. The van der Waals surface area contributed by atoms with Crippen LogP contribution in [0.2, 0.25) is 0 Å². The summed E-state index contributed by atoms with van der Waals surface area (Å²) in [5, 5.41) is 3.45. The Balaban J connectivity index is 0.00000312. The lowest BCUT2D eigenvalue weighted by Gasteiger charge is -2.24. The van der Waals surface area contributed by atoms with Gasteiger partial charge in [-0.15, -0.1) is 24.0 Å². The van der Waals surface area contributed by atoms with E-state index >= 15 is 0 Å². The minimum atomic E-state index is 0. The Morgan fingerprint density at radius 1 is 1.36 bits per heavy atom. The summed E-state index contributed by atoms with van der Waals surface area (Å²) in [6.45, 7) is 8.45. The van der Waals surface area contributed by atoms with E-state index in [4.69, 9.17) is 4.74 Å². The number of guanidine groups is 1. The number of halogens is 1. The number of hydrogen-bond acceptors (Lipinski definition) is 3. The number of nitrogens with zero attached hydrogens (tertiary/aromatic N) is 3. The average molecular weight is 466 g/mol. The maximum absolute atomic E-state index is 11.9. The second kappa shape index (κ2) is 11.2. The molecule has 0 aromatic rings. The molecule has 146 valence electrons. The van der Waals surface area contributed by atoms with Crippen molar-refractivity contribution >= 4 is 35.8 Å². The van der Waals surface area contributed by atoms with E-state index in [-0.39, 0.29) is 42.5 Å². The van der Waals surface area contributed by atoms with Gasteiger partial charge in [-0.2, -0.15) is 0 Å². The van der Waals surface area contributed by atoms with Gasteiger partial charge in [0.25, 0.3) is 0 Å². The lowest BCUT2D eigenvalue weighted by Crippen LogP contribution is -2.43. The van der Waals surface area contributed by atoms with Crippen LogP contribution in [-0.2, 0) is 9.53 Å². The van der Waals surface area contributed by atoms with Crippen LogP contribution in [0.15, 0.2) is 4.99 Å². The molecule has 2 saturated heterocycles. The first kappa shape index (κ1) is 22.5. The third-order valence-electron chi connectivity index (χ3n) is 4.76. The summed E-state index contributed by atoms with van der Waals surface area (Å²) in [5.41, 5.74) is 0. The Morgan fingerprint density at radius 2 is 2.12 bits per heavy atom. The molecule has 2 rings (SSSR count). The van der Waals surface area contributed by atoms with Gasteiger partial charge in [0.15, 0.2) is 5.96 Å². The molecule has 2 heterocycles. The first-order valence-electron chi connectivity index (χ1n) is 9.30. The predicted molar refractivity (Wildman–Crippen MR) is 113 cm³/mol. The standard InChI is InChI=1S/C18H34N4O2.HI/c1-14(2)10-15-7-8-22(13-15)18(20-12-17(23)21(3)4)19-11-16-6-5-9-24-16;/h14-16H,5-13H2,1-4H3,(H,19,20);1H. The molecule has 2 atom stereocenters. The minimum Gasteiger partial charge on any atom is -0.376 e. The summed E-state index contributed by atoms with van der Waals surface area (Å²) in [7, 11) is 3.54. The van der Waals surface area contributed by atoms with E-state index in [0.29, 0.717) is 0 Å². The molecule has 1 amide bonds. The van der Waals surface area contributed by atoms with E-state index < -0.39 is 0 Å². The number of rotatable bonds is 6. The number of hydrogen-bond donors (Lipinski definition) is 1. The molecule has 2 aliphatic heterocycles. The van der Waals surface area contributed by atoms with Crippen LogP contribution in [-0.4, -0.2) is 74.7 Å². The van der Waals surface area contributed by atoms with E-state index in [0.717, 1.165) is 56.9 Å². The van der Waals surface area contributed by atoms with Gasteiger partial charge in [-0.3, -0.25) is 4.79 Å². The molecule has 0 radical (unpaired) electrons. The van der Waals surface area contributed by atoms with Crippen molar-refractivity contribution in [3.8, 4) is 0 Å². The van der Waals surface area contributed by atoms with Gasteiger partial charge in [-0.1, -0.05) is 13.8 Å². The summed E-state index contributed by atoms with van der Waals surface area (Å²) in [6, 6.07) is 0. The molecule has 0 aromatic carbocycles. The van der Waals surface area contributed by atoms with Gasteiger partial charge >= 0.3 is 0 Å². The van der Waals surface area contributed by atoms with Gasteiger partial charge in [0.05, 0.1) is 6.10 Å². The van der Waals surface area contributed by atoms with Crippen molar-refractivity contribution in [2.24, 2.45) is 16.8 Å². The SMILES string of the molecule is CC(C)CC1CCN(C(=NCC(=O)N(C)C)NCC2CCCO2)C1.I. The number of carbonyl (C=O) groups excluding carboxylic acids is 1. The highest BCUT2D eigenvalue weighted by Crippen LogP contribution is 2.23. The monoisotopic (exact) mass is 466 g/mol. The third kappa shape index (κ3) is 7.68. The molecule has 0 aliphatic carbocycles. The van der Waals surface area contributed by atoms with Crippen molar-refractivity contribution in [2.45, 2.75) is 45.6 Å². The summed E-state index contributed by atoms with van der Waals surface area (Å²) >= 11 is 0. The van der Waals surface area contributed by atoms with Crippen LogP contribution in [0, 0.1) is 11.8 Å². The first-order valence-corrected chi connectivity index (χ1v) is 9.30. The highest BCUT2D eigenvalue weighted by Gasteiger charge is 2.26. The van der Waals surface area contributed by atoms with Crippen molar-refractivity contribution in [3.63, 3.8) is 0 Å². The smallest absolute Gasteiger partial charge is 0.243 e. The van der Waals surface area contributed by atoms with E-state index in [9.17, 15) is 4.79 Å². The minimum absolute atomic E-state index is 0. The molecule has 2 fully saturated rings. The normalized spacial score (nSPS) is 23.7. The number of likely N-dealkylation sites (N-methyl/N-ethyl adjacent to an activating group) is 1. The Hall–Kier alpha value is -0.570. The highest BCUT2D eigenvalue weighted by molar-refractivity contribution is 14.0. The topological polar surface area (TPSA) is 57.2 Å². The molecule has 2 aliphatic rings. The lowest BCUT2D eigenvalue weighted by atomic mass is 9.97. The second-order valence-corrected chi connectivity index (χ2v) is 7.67. The average Bonchev–Trinajstić information content (AvgIpc) is 3.18. The lowest BCUT2D eigenvalue weighted by molar-refractivity contribution is -0.127. The van der Waals surface area contributed by atoms with Gasteiger partial charge in [0.1, 0.15) is 6.54 Å². The molecular weight excluding hydrogens is 431 g/mol. The van der Waals surface area contributed by atoms with Crippen LogP contribution >= 0.6 is 24.0 Å². The zero-order valence-electron chi connectivity index (χ0n) is 16.2. The number of amides is 1. The van der Waals surface area contributed by atoms with E-state index in [1.54, 1.807) is 19.0 Å². The van der Waals surface area contributed by atoms with Crippen LogP contribution < -0.4 is 5.32 Å². The van der Waals surface area contributed by atoms with Crippen molar-refractivity contribution < 1.29 is 9.53 Å². The van der Waals surface area contributed by atoms with Crippen LogP contribution in [0.4, 0.5) is 0 Å². The summed E-state index contributed by atoms with van der Waals surface area (Å²) < 4.78 is 5.69. The van der Waals surface area contributed by atoms with Gasteiger partial charge in [-0.05, 0) is 37.5 Å². The Kier molecular flexibility index (Phi) is 10.1. The van der Waals surface area contributed by atoms with Gasteiger partial charge in [-0.25, -0.2) is 4.99 Å². The zero-order chi connectivity index (χ0) is 17.5. The van der Waals surface area contributed by atoms with Crippen LogP contribution in [0.25, 0.3) is 0 Å². The molecule has 1 N–H and O–H groups in total. The largest absolute Gasteiger partial charge is 0.376 e. The van der Waals surface area contributed by atoms with Crippen LogP contribution in [0.5, 0.6) is 0 Å². The molecule has 0 aromatic heterocycles. The van der Waals surface area contributed by atoms with Gasteiger partial charge in [0.2, 0.25) is 5.91 Å². The van der Waals surface area contributed by atoms with Crippen molar-refractivity contribution in [1.29, 1.82) is 0 Å². The number of nitrogens with one attached hydrogen (secondary N) is 1. The summed E-state index contributed by atoms with van der Waals surface area (Å²) in [4.78, 5) is 20.4. The van der Waals surface area contributed by atoms with Crippen LogP contribution in [0.3, 0.4) is 0 Å². The maximum Gasteiger partial charge on any atom is 0.243 e. The number of ether oxygens (including phenoxy) is 1. The Morgan fingerprint density at radius 3 is 2.72 bits per heavy atom. The summed E-state index contributed by atoms with van der Waals surface area (Å²) in [5.74, 6) is 2.35. The molecule has 6 nitrogen and oxygen atoms in total. The molecular formula is C18H35IN4O2. The van der Waals surface area contributed by atoms with Gasteiger partial charge < -0.3 is 19.9 Å². The maximum atomic E-state index is 11.9. The van der Waals surface area contributed by atoms with E-state index in [2.05, 4.69) is 29.1 Å². The van der Waals surface area contributed by atoms with Crippen molar-refractivity contribution in [1.82, 2.24) is 15.1 Å². The fraction of sp³-hybridized carbons (Fsp3) is 0.889. The Labute approximate surface area is 169 Å². The molecule has 7 heteroatoms. The fourth-order valence-electron chi connectivity index (χ4n) is 3.45. The zero-order valence-corrected chi connectivity index (χ0v) is 18.5. The molecule has 0 spiro atoms. The van der Waals surface area contributed by atoms with Gasteiger partial charge in [0, 0.05) is 40.3 Å². The highest BCUT2D eigenvalue weighted by atomic mass is 127. The molecule has 2 unspecified atom stereocenters. The van der Waals surface area contributed by atoms with E-state index in [1.807, 2.05) is 0 Å². The van der Waals surface area contributed by atoms with E-state index in [1.165, 1.54) is 12.8 Å². The third-order valence-corrected chi connectivity index (χ3v) is 4.76. The first-order chi connectivity index (χ1) is 11.5. The quantitative estimate of drug-likeness (QED) is 0.371. The number of likely N-dealkylation sites (tertiary alicyclic amines) is 1. The van der Waals surface area contributed by atoms with Crippen LogP contribution in [0.1, 0.15) is 39.5 Å². The molecule has 25 heavy (non-hydrogen) atoms. The van der Waals surface area contributed by atoms with Crippen molar-refractivity contribution in [2.75, 3.05) is 46.9 Å². The Bertz CT molecular complexity index is 437. The molecule has 0 saturated carbocycles.